The maximum atomic E-state index is 14.9. The number of anilines is 1. The number of likely N-dealkylation sites (N-methyl/N-ethyl adjacent to an activating group) is 1. The van der Waals surface area contributed by atoms with E-state index in [9.17, 15) is 4.39 Å². The number of nitrogens with zero attached hydrogens (tertiary/aromatic N) is 6. The molecule has 0 unspecified atom stereocenters. The van der Waals surface area contributed by atoms with Gasteiger partial charge in [-0.15, -0.1) is 0 Å². The van der Waals surface area contributed by atoms with Crippen molar-refractivity contribution < 1.29 is 4.39 Å². The van der Waals surface area contributed by atoms with Gasteiger partial charge in [-0.2, -0.15) is 10.2 Å². The molecule has 0 bridgehead atoms. The predicted octanol–water partition coefficient (Wildman–Crippen LogP) is 4.52. The van der Waals surface area contributed by atoms with Crippen LogP contribution in [0.2, 0.25) is 0 Å². The molecule has 0 spiro atoms. The maximum absolute atomic E-state index is 14.9. The number of aromatic nitrogens is 5. The highest BCUT2D eigenvalue weighted by molar-refractivity contribution is 5.89. The third-order valence-electron chi connectivity index (χ3n) is 4.81. The molecule has 0 aliphatic carbocycles. The number of hydrogen-bond acceptors (Lipinski definition) is 5. The van der Waals surface area contributed by atoms with E-state index >= 15 is 0 Å². The van der Waals surface area contributed by atoms with Crippen molar-refractivity contribution in [1.82, 2.24) is 29.4 Å². The average molecular weight is 414 g/mol. The zero-order valence-electron chi connectivity index (χ0n) is 18.6. The molecule has 3 aromatic heterocycles. The topological polar surface area (TPSA) is 77.8 Å². The lowest BCUT2D eigenvalue weighted by Crippen LogP contribution is -2.27. The first kappa shape index (κ1) is 23.3. The minimum atomic E-state index is -0.461. The molecule has 0 radical (unpaired) electrons. The molecule has 0 saturated heterocycles. The summed E-state index contributed by atoms with van der Waals surface area (Å²) >= 11 is 0. The van der Waals surface area contributed by atoms with Gasteiger partial charge in [-0.1, -0.05) is 40.3 Å². The third kappa shape index (κ3) is 4.59. The normalized spacial score (nSPS) is 11.3. The molecule has 30 heavy (non-hydrogen) atoms. The molecule has 0 aromatic carbocycles. The number of nitrogen functional groups attached to an aromatic ring is 1. The Labute approximate surface area is 177 Å². The molecule has 0 atom stereocenters. The monoisotopic (exact) mass is 413 g/mol. The third-order valence-corrected chi connectivity index (χ3v) is 4.81. The second-order valence-corrected chi connectivity index (χ2v) is 6.40. The highest BCUT2D eigenvalue weighted by Crippen LogP contribution is 2.30. The highest BCUT2D eigenvalue weighted by atomic mass is 19.1. The molecule has 0 amide bonds. The lowest BCUT2D eigenvalue weighted by atomic mass is 10.1. The van der Waals surface area contributed by atoms with Crippen molar-refractivity contribution >= 4 is 29.1 Å². The van der Waals surface area contributed by atoms with Gasteiger partial charge in [-0.3, -0.25) is 0 Å². The summed E-state index contributed by atoms with van der Waals surface area (Å²) in [6, 6.07) is 1.40. The molecule has 3 heterocycles. The molecular formula is C22H32FN7. The van der Waals surface area contributed by atoms with E-state index in [0.717, 1.165) is 19.6 Å². The Morgan fingerprint density at radius 2 is 1.97 bits per heavy atom. The zero-order valence-corrected chi connectivity index (χ0v) is 18.6. The molecule has 3 rings (SSSR count). The van der Waals surface area contributed by atoms with Crippen molar-refractivity contribution in [2.24, 2.45) is 0 Å². The lowest BCUT2D eigenvalue weighted by molar-refractivity contribution is 0.287. The molecule has 7 nitrogen and oxygen atoms in total. The summed E-state index contributed by atoms with van der Waals surface area (Å²) in [5, 5.41) is 9.14. The van der Waals surface area contributed by atoms with Crippen LogP contribution in [0.4, 0.5) is 10.2 Å². The summed E-state index contributed by atoms with van der Waals surface area (Å²) in [7, 11) is 0. The molecule has 0 aliphatic heterocycles. The van der Waals surface area contributed by atoms with E-state index in [1.165, 1.54) is 6.07 Å². The van der Waals surface area contributed by atoms with E-state index < -0.39 is 5.82 Å². The molecule has 0 fully saturated rings. The van der Waals surface area contributed by atoms with Crippen molar-refractivity contribution in [3.8, 4) is 11.3 Å². The molecule has 8 heteroatoms. The van der Waals surface area contributed by atoms with E-state index in [4.69, 9.17) is 5.73 Å². The summed E-state index contributed by atoms with van der Waals surface area (Å²) in [6.45, 7) is 17.2. The maximum Gasteiger partial charge on any atom is 0.160 e. The van der Waals surface area contributed by atoms with Crippen LogP contribution in [0.25, 0.3) is 34.6 Å². The predicted molar refractivity (Wildman–Crippen MR) is 123 cm³/mol. The molecule has 3 aromatic rings. The van der Waals surface area contributed by atoms with Crippen LogP contribution in [-0.2, 0) is 6.54 Å². The van der Waals surface area contributed by atoms with Crippen LogP contribution in [0.5, 0.6) is 0 Å². The number of pyridine rings is 1. The van der Waals surface area contributed by atoms with Gasteiger partial charge in [-0.25, -0.2) is 18.7 Å². The Kier molecular flexibility index (Phi) is 8.29. The lowest BCUT2D eigenvalue weighted by Gasteiger charge is -2.17. The van der Waals surface area contributed by atoms with E-state index in [-0.39, 0.29) is 11.5 Å². The fourth-order valence-electron chi connectivity index (χ4n) is 3.24. The summed E-state index contributed by atoms with van der Waals surface area (Å²) in [6.07, 6.45) is 6.88. The van der Waals surface area contributed by atoms with Crippen LogP contribution < -0.4 is 5.73 Å². The summed E-state index contributed by atoms with van der Waals surface area (Å²) in [4.78, 5) is 6.88. The Bertz CT molecular complexity index is 1010. The summed E-state index contributed by atoms with van der Waals surface area (Å²) in [5.41, 5.74) is 8.11. The number of rotatable bonds is 8. The first-order chi connectivity index (χ1) is 14.5. The van der Waals surface area contributed by atoms with Crippen molar-refractivity contribution in [3.05, 3.63) is 36.4 Å². The first-order valence-electron chi connectivity index (χ1n) is 10.4. The van der Waals surface area contributed by atoms with Gasteiger partial charge in [0.15, 0.2) is 17.3 Å². The Hall–Kier alpha value is -3.00. The number of hydrogen-bond donors (Lipinski definition) is 1. The van der Waals surface area contributed by atoms with Gasteiger partial charge in [0.25, 0.3) is 0 Å². The number of halogens is 1. The van der Waals surface area contributed by atoms with E-state index in [2.05, 4.69) is 40.5 Å². The van der Waals surface area contributed by atoms with Gasteiger partial charge < -0.3 is 10.6 Å². The van der Waals surface area contributed by atoms with Crippen LogP contribution in [0.1, 0.15) is 40.3 Å². The highest BCUT2D eigenvalue weighted by Gasteiger charge is 2.19. The molecule has 0 saturated carbocycles. The van der Waals surface area contributed by atoms with Crippen LogP contribution in [0.15, 0.2) is 24.9 Å². The van der Waals surface area contributed by atoms with Crippen LogP contribution in [-0.4, -0.2) is 49.1 Å². The molecule has 0 aliphatic rings. The van der Waals surface area contributed by atoms with E-state index in [1.807, 2.05) is 32.9 Å². The van der Waals surface area contributed by atoms with Crippen LogP contribution >= 0.6 is 0 Å². The van der Waals surface area contributed by atoms with Gasteiger partial charge in [0.1, 0.15) is 5.69 Å². The standard InChI is InChI=1S/C20H26FN7.C2H6/c1-5-9-17-15(13-23-27(17)8-4)18-16(21)12-14-19(22)25-28(20(14)24-18)11-10-26(6-2)7-3;1-2/h5,8-9,12-13H,4,6-7,10-11H2,1-3H3,(H2,22,25);1-2H3/b9-5-;. The minimum Gasteiger partial charge on any atom is -0.382 e. The Morgan fingerprint density at radius 1 is 1.27 bits per heavy atom. The summed E-state index contributed by atoms with van der Waals surface area (Å²) < 4.78 is 18.2. The number of nitrogens with two attached hydrogens (primary N) is 1. The van der Waals surface area contributed by atoms with Crippen molar-refractivity contribution in [3.63, 3.8) is 0 Å². The van der Waals surface area contributed by atoms with Gasteiger partial charge in [-0.05, 0) is 32.2 Å². The van der Waals surface area contributed by atoms with E-state index in [0.29, 0.717) is 28.8 Å². The van der Waals surface area contributed by atoms with Gasteiger partial charge in [0.05, 0.1) is 23.8 Å². The van der Waals surface area contributed by atoms with Crippen molar-refractivity contribution in [2.75, 3.05) is 25.4 Å². The molecule has 162 valence electrons. The van der Waals surface area contributed by atoms with Crippen LogP contribution in [0, 0.1) is 5.82 Å². The summed E-state index contributed by atoms with van der Waals surface area (Å²) in [5.74, 6) is -0.181. The van der Waals surface area contributed by atoms with Gasteiger partial charge in [0, 0.05) is 18.3 Å². The fourth-order valence-corrected chi connectivity index (χ4v) is 3.24. The van der Waals surface area contributed by atoms with E-state index in [1.54, 1.807) is 21.8 Å². The van der Waals surface area contributed by atoms with Crippen molar-refractivity contribution in [2.45, 2.75) is 41.2 Å². The average Bonchev–Trinajstić information content (AvgIpc) is 3.30. The second-order valence-electron chi connectivity index (χ2n) is 6.40. The second kappa shape index (κ2) is 10.7. The quantitative estimate of drug-likeness (QED) is 0.587. The number of fused-ring (bicyclic) bond motifs is 1. The van der Waals surface area contributed by atoms with Crippen molar-refractivity contribution in [1.29, 1.82) is 0 Å². The molecule has 2 N–H and O–H groups in total. The Morgan fingerprint density at radius 3 is 2.57 bits per heavy atom. The largest absolute Gasteiger partial charge is 0.382 e. The minimum absolute atomic E-state index is 0.220. The SMILES string of the molecule is C=Cn1ncc(-c2nc3c(cc2F)c(N)nn3CCN(CC)CC)c1/C=C\C.CC. The number of allylic oxidation sites excluding steroid dienone is 1. The van der Waals surface area contributed by atoms with Gasteiger partial charge in [0.2, 0.25) is 0 Å². The first-order valence-corrected chi connectivity index (χ1v) is 10.4. The zero-order chi connectivity index (χ0) is 22.3. The fraction of sp³-hybridized carbons (Fsp3) is 0.409. The van der Waals surface area contributed by atoms with Gasteiger partial charge >= 0.3 is 0 Å². The Balaban J connectivity index is 0.00000155. The smallest absolute Gasteiger partial charge is 0.160 e. The van der Waals surface area contributed by atoms with Crippen LogP contribution in [0.3, 0.4) is 0 Å². The molecular weight excluding hydrogens is 381 g/mol.